The maximum Gasteiger partial charge on any atom is 0.377 e. The predicted molar refractivity (Wildman–Crippen MR) is 102 cm³/mol. The SMILES string of the molecule is CCOC(=O)C(F)(F)C1c2cc(Br)ccc2C(F)(F)C[C@H]1N[S@](=O)C(C)(C)C. The molecule has 1 N–H and O–H groups in total. The molecule has 0 saturated carbocycles. The van der Waals surface area contributed by atoms with Crippen LogP contribution in [0.1, 0.15) is 51.2 Å². The quantitative estimate of drug-likeness (QED) is 0.485. The van der Waals surface area contributed by atoms with Crippen molar-refractivity contribution in [3.05, 3.63) is 33.8 Å². The molecule has 0 saturated heterocycles. The highest BCUT2D eigenvalue weighted by Gasteiger charge is 2.59. The summed E-state index contributed by atoms with van der Waals surface area (Å²) in [7, 11) is -1.90. The lowest BCUT2D eigenvalue weighted by Crippen LogP contribution is -2.54. The number of hydrogen-bond donors (Lipinski definition) is 1. The van der Waals surface area contributed by atoms with Gasteiger partial charge in [0, 0.05) is 22.5 Å². The van der Waals surface area contributed by atoms with Gasteiger partial charge in [0.15, 0.2) is 0 Å². The van der Waals surface area contributed by atoms with Crippen LogP contribution < -0.4 is 4.72 Å². The van der Waals surface area contributed by atoms with E-state index >= 15 is 8.78 Å². The van der Waals surface area contributed by atoms with Crippen molar-refractivity contribution >= 4 is 32.9 Å². The monoisotopic (exact) mass is 487 g/mol. The Morgan fingerprint density at radius 1 is 1.36 bits per heavy atom. The Balaban J connectivity index is 2.63. The molecule has 1 aromatic carbocycles. The summed E-state index contributed by atoms with van der Waals surface area (Å²) in [5, 5.41) is 0. The van der Waals surface area contributed by atoms with E-state index in [4.69, 9.17) is 0 Å². The second kappa shape index (κ2) is 8.02. The summed E-state index contributed by atoms with van der Waals surface area (Å²) >= 11 is 3.11. The fourth-order valence-corrected chi connectivity index (χ4v) is 4.30. The third kappa shape index (κ3) is 4.59. The van der Waals surface area contributed by atoms with Crippen LogP contribution in [-0.2, 0) is 26.4 Å². The minimum absolute atomic E-state index is 0.283. The molecule has 0 heterocycles. The van der Waals surface area contributed by atoms with E-state index in [9.17, 15) is 17.8 Å². The number of hydrogen-bond acceptors (Lipinski definition) is 3. The van der Waals surface area contributed by atoms with E-state index in [2.05, 4.69) is 25.4 Å². The Labute approximate surface area is 172 Å². The third-order valence-corrected chi connectivity index (χ3v) is 6.50. The molecular weight excluding hydrogens is 466 g/mol. The summed E-state index contributed by atoms with van der Waals surface area (Å²) in [6.07, 6.45) is -1.02. The second-order valence-electron chi connectivity index (χ2n) is 7.57. The Morgan fingerprint density at radius 2 is 1.96 bits per heavy atom. The van der Waals surface area contributed by atoms with Crippen LogP contribution in [0.4, 0.5) is 17.6 Å². The number of alkyl halides is 4. The summed E-state index contributed by atoms with van der Waals surface area (Å²) in [5.74, 6) is -11.3. The molecule has 4 nitrogen and oxygen atoms in total. The second-order valence-corrected chi connectivity index (χ2v) is 10.5. The van der Waals surface area contributed by atoms with Crippen LogP contribution in [0.3, 0.4) is 0 Å². The van der Waals surface area contributed by atoms with Crippen molar-refractivity contribution < 1.29 is 31.3 Å². The summed E-state index contributed by atoms with van der Waals surface area (Å²) < 4.78 is 78.4. The number of fused-ring (bicyclic) bond motifs is 1. The molecule has 1 aliphatic rings. The number of carbonyl (C=O) groups excluding carboxylic acids is 1. The first-order chi connectivity index (χ1) is 12.7. The normalized spacial score (nSPS) is 23.0. The molecule has 28 heavy (non-hydrogen) atoms. The molecule has 158 valence electrons. The highest BCUT2D eigenvalue weighted by Crippen LogP contribution is 2.51. The minimum atomic E-state index is -4.10. The first-order valence-electron chi connectivity index (χ1n) is 8.62. The van der Waals surface area contributed by atoms with Gasteiger partial charge in [-0.3, -0.25) is 0 Å². The zero-order chi connectivity index (χ0) is 21.5. The maximum atomic E-state index is 15.1. The summed E-state index contributed by atoms with van der Waals surface area (Å²) in [5.41, 5.74) is -0.962. The number of benzene rings is 1. The molecule has 0 bridgehead atoms. The minimum Gasteiger partial charge on any atom is -0.462 e. The smallest absolute Gasteiger partial charge is 0.377 e. The van der Waals surface area contributed by atoms with Gasteiger partial charge in [0.1, 0.15) is 0 Å². The zero-order valence-electron chi connectivity index (χ0n) is 15.8. The van der Waals surface area contributed by atoms with Gasteiger partial charge in [0.25, 0.3) is 5.92 Å². The van der Waals surface area contributed by atoms with Gasteiger partial charge in [-0.2, -0.15) is 8.78 Å². The number of nitrogens with one attached hydrogen (secondary N) is 1. The number of rotatable bonds is 5. The van der Waals surface area contributed by atoms with Crippen molar-refractivity contribution in [2.24, 2.45) is 0 Å². The van der Waals surface area contributed by atoms with Gasteiger partial charge in [-0.25, -0.2) is 22.5 Å². The number of esters is 1. The highest BCUT2D eigenvalue weighted by molar-refractivity contribution is 9.10. The molecule has 0 amide bonds. The van der Waals surface area contributed by atoms with Gasteiger partial charge >= 0.3 is 11.9 Å². The van der Waals surface area contributed by atoms with Crippen LogP contribution in [0.15, 0.2) is 22.7 Å². The Kier molecular flexibility index (Phi) is 6.67. The fraction of sp³-hybridized carbons (Fsp3) is 0.611. The van der Waals surface area contributed by atoms with Gasteiger partial charge in [0.05, 0.1) is 28.3 Å². The molecule has 10 heteroatoms. The van der Waals surface area contributed by atoms with Crippen molar-refractivity contribution in [3.63, 3.8) is 0 Å². The van der Waals surface area contributed by atoms with E-state index in [1.165, 1.54) is 13.0 Å². The molecule has 0 fully saturated rings. The lowest BCUT2D eigenvalue weighted by Gasteiger charge is -2.41. The first kappa shape index (κ1) is 23.3. The molecule has 0 aromatic heterocycles. The van der Waals surface area contributed by atoms with Crippen LogP contribution >= 0.6 is 15.9 Å². The molecular formula is C18H22BrF4NO3S. The first-order valence-corrected chi connectivity index (χ1v) is 10.6. The molecule has 0 spiro atoms. The predicted octanol–water partition coefficient (Wildman–Crippen LogP) is 4.65. The summed E-state index contributed by atoms with van der Waals surface area (Å²) in [6, 6.07) is 1.92. The molecule has 0 radical (unpaired) electrons. The van der Waals surface area contributed by atoms with Gasteiger partial charge in [-0.1, -0.05) is 22.0 Å². The molecule has 1 aromatic rings. The molecule has 3 atom stereocenters. The van der Waals surface area contributed by atoms with Crippen LogP contribution in [0, 0.1) is 0 Å². The van der Waals surface area contributed by atoms with E-state index in [1.54, 1.807) is 20.8 Å². The highest BCUT2D eigenvalue weighted by atomic mass is 79.9. The molecule has 2 rings (SSSR count). The van der Waals surface area contributed by atoms with Crippen molar-refractivity contribution in [1.82, 2.24) is 4.72 Å². The molecule has 1 aliphatic carbocycles. The maximum absolute atomic E-state index is 15.1. The van der Waals surface area contributed by atoms with Gasteiger partial charge in [-0.05, 0) is 45.4 Å². The summed E-state index contributed by atoms with van der Waals surface area (Å²) in [6.45, 7) is 5.84. The average Bonchev–Trinajstić information content (AvgIpc) is 2.52. The van der Waals surface area contributed by atoms with E-state index in [0.717, 1.165) is 12.1 Å². The average molecular weight is 488 g/mol. The van der Waals surface area contributed by atoms with Crippen molar-refractivity contribution in [2.45, 2.75) is 62.7 Å². The molecule has 0 aliphatic heterocycles. The summed E-state index contributed by atoms with van der Waals surface area (Å²) in [4.78, 5) is 12.0. The largest absolute Gasteiger partial charge is 0.462 e. The third-order valence-electron chi connectivity index (χ3n) is 4.37. The Bertz CT molecular complexity index is 783. The van der Waals surface area contributed by atoms with Crippen LogP contribution in [0.5, 0.6) is 0 Å². The topological polar surface area (TPSA) is 55.4 Å². The van der Waals surface area contributed by atoms with E-state index < -0.39 is 57.5 Å². The van der Waals surface area contributed by atoms with Crippen molar-refractivity contribution in [2.75, 3.05) is 6.61 Å². The Hall–Kier alpha value is -1.00. The number of carbonyl (C=O) groups is 1. The van der Waals surface area contributed by atoms with Crippen molar-refractivity contribution in [1.29, 1.82) is 0 Å². The van der Waals surface area contributed by atoms with Gasteiger partial charge in [-0.15, -0.1) is 0 Å². The van der Waals surface area contributed by atoms with E-state index in [0.29, 0.717) is 4.47 Å². The van der Waals surface area contributed by atoms with Crippen LogP contribution in [0.2, 0.25) is 0 Å². The standard InChI is InChI=1S/C18H22BrF4NO3S/c1-5-27-15(25)18(22,23)14-11-8-10(19)6-7-12(11)17(20,21)9-13(14)24-28(26)16(2,3)4/h6-8,13-14,24H,5,9H2,1-4H3/t13-,14?,28-/m1/s1. The zero-order valence-corrected chi connectivity index (χ0v) is 18.2. The number of ether oxygens (including phenoxy) is 1. The lowest BCUT2D eigenvalue weighted by molar-refractivity contribution is -0.178. The van der Waals surface area contributed by atoms with Crippen LogP contribution in [-0.4, -0.2) is 33.5 Å². The van der Waals surface area contributed by atoms with E-state index in [-0.39, 0.29) is 12.2 Å². The Morgan fingerprint density at radius 3 is 2.50 bits per heavy atom. The fourth-order valence-electron chi connectivity index (χ4n) is 3.07. The lowest BCUT2D eigenvalue weighted by atomic mass is 9.74. The number of halogens is 5. The van der Waals surface area contributed by atoms with E-state index in [1.807, 2.05) is 0 Å². The van der Waals surface area contributed by atoms with Crippen molar-refractivity contribution in [3.8, 4) is 0 Å². The van der Waals surface area contributed by atoms with Gasteiger partial charge in [0.2, 0.25) is 0 Å². The van der Waals surface area contributed by atoms with Gasteiger partial charge < -0.3 is 4.74 Å². The van der Waals surface area contributed by atoms with Crippen LogP contribution in [0.25, 0.3) is 0 Å². The molecule has 1 unspecified atom stereocenters.